The van der Waals surface area contributed by atoms with Gasteiger partial charge in [0.05, 0.1) is 0 Å². The first-order valence-electron chi connectivity index (χ1n) is 1.48. The van der Waals surface area contributed by atoms with Gasteiger partial charge in [0.2, 0.25) is 0 Å². The zero-order valence-corrected chi connectivity index (χ0v) is 5.29. The van der Waals surface area contributed by atoms with E-state index in [1.807, 2.05) is 0 Å². The second-order valence-corrected chi connectivity index (χ2v) is 2.40. The van der Waals surface area contributed by atoms with Crippen LogP contribution in [-0.2, 0) is 0 Å². The first-order chi connectivity index (χ1) is 2.64. The van der Waals surface area contributed by atoms with Gasteiger partial charge in [-0.05, 0) is 0 Å². The van der Waals surface area contributed by atoms with Gasteiger partial charge in [-0.25, -0.2) is 5.01 Å². The Labute approximate surface area is 48.5 Å². The van der Waals surface area contributed by atoms with Gasteiger partial charge in [-0.3, -0.25) is 5.84 Å². The third kappa shape index (κ3) is 2.84. The van der Waals surface area contributed by atoms with Crippen molar-refractivity contribution in [3.63, 3.8) is 0 Å². The average Bonchev–Trinajstić information content (AvgIpc) is 1.36. The van der Waals surface area contributed by atoms with Crippen LogP contribution in [0.4, 0.5) is 0 Å². The molecular formula is C2H8N2S2. The predicted molar refractivity (Wildman–Crippen MR) is 33.7 cm³/mol. The number of hydrogen-bond donors (Lipinski definition) is 3. The Kier molecular flexibility index (Phi) is 3.02. The van der Waals surface area contributed by atoms with Crippen LogP contribution < -0.4 is 5.84 Å². The van der Waals surface area contributed by atoms with Crippen LogP contribution in [0.25, 0.3) is 0 Å². The second kappa shape index (κ2) is 2.74. The van der Waals surface area contributed by atoms with Gasteiger partial charge in [0.1, 0.15) is 4.71 Å². The number of thiol groups is 2. The number of nitrogens with zero attached hydrogens (tertiary/aromatic N) is 1. The van der Waals surface area contributed by atoms with Crippen LogP contribution in [0, 0.1) is 0 Å². The molecule has 0 aromatic carbocycles. The van der Waals surface area contributed by atoms with Crippen molar-refractivity contribution in [2.24, 2.45) is 5.84 Å². The van der Waals surface area contributed by atoms with Crippen molar-refractivity contribution < 1.29 is 0 Å². The van der Waals surface area contributed by atoms with E-state index in [4.69, 9.17) is 5.84 Å². The Bertz CT molecular complexity index is 30.5. The van der Waals surface area contributed by atoms with Crippen LogP contribution in [0.15, 0.2) is 0 Å². The Hall–Kier alpha value is 0.620. The Morgan fingerprint density at radius 1 is 1.67 bits per heavy atom. The third-order valence-corrected chi connectivity index (χ3v) is 1.09. The maximum absolute atomic E-state index is 5.12. The van der Waals surface area contributed by atoms with Crippen molar-refractivity contribution >= 4 is 25.3 Å². The molecule has 2 N–H and O–H groups in total. The van der Waals surface area contributed by atoms with E-state index in [0.717, 1.165) is 0 Å². The first-order valence-corrected chi connectivity index (χ1v) is 2.51. The van der Waals surface area contributed by atoms with Crippen molar-refractivity contribution in [1.82, 2.24) is 5.01 Å². The van der Waals surface area contributed by atoms with Gasteiger partial charge in [-0.1, -0.05) is 0 Å². The van der Waals surface area contributed by atoms with Gasteiger partial charge in [0, 0.05) is 7.05 Å². The number of hydrazine groups is 1. The molecule has 0 aromatic rings. The zero-order valence-electron chi connectivity index (χ0n) is 3.50. The molecular weight excluding hydrogens is 116 g/mol. The molecule has 6 heavy (non-hydrogen) atoms. The standard InChI is InChI=1S/C2H8N2S2/c1-4(3)2(5)6/h2,5-6H,3H2,1H3. The van der Waals surface area contributed by atoms with Crippen molar-refractivity contribution in [1.29, 1.82) is 0 Å². The molecule has 0 unspecified atom stereocenters. The summed E-state index contributed by atoms with van der Waals surface area (Å²) >= 11 is 7.72. The molecule has 0 fully saturated rings. The molecule has 0 aromatic heterocycles. The zero-order chi connectivity index (χ0) is 5.15. The van der Waals surface area contributed by atoms with Gasteiger partial charge in [0.25, 0.3) is 0 Å². The first kappa shape index (κ1) is 6.62. The largest absolute Gasteiger partial charge is 0.267 e. The molecule has 0 spiro atoms. The summed E-state index contributed by atoms with van der Waals surface area (Å²) in [6.45, 7) is 0. The SMILES string of the molecule is CN(N)C(S)S. The highest BCUT2D eigenvalue weighted by Crippen LogP contribution is 1.97. The van der Waals surface area contributed by atoms with Crippen molar-refractivity contribution in [3.8, 4) is 0 Å². The summed E-state index contributed by atoms with van der Waals surface area (Å²) in [5.74, 6) is 5.12. The van der Waals surface area contributed by atoms with E-state index in [1.165, 1.54) is 5.01 Å². The van der Waals surface area contributed by atoms with Gasteiger partial charge in [0.15, 0.2) is 0 Å². The molecule has 0 aliphatic rings. The molecule has 2 nitrogen and oxygen atoms in total. The summed E-state index contributed by atoms with van der Waals surface area (Å²) in [4.78, 5) is 0. The third-order valence-electron chi connectivity index (χ3n) is 0.364. The fraction of sp³-hybridized carbons (Fsp3) is 1.00. The number of nitrogens with two attached hydrogens (primary N) is 1. The molecule has 0 radical (unpaired) electrons. The molecule has 0 saturated heterocycles. The summed E-state index contributed by atoms with van der Waals surface area (Å²) in [5, 5.41) is 1.40. The molecule has 0 heterocycles. The highest BCUT2D eigenvalue weighted by atomic mass is 32.2. The maximum atomic E-state index is 5.12. The summed E-state index contributed by atoms with van der Waals surface area (Å²) in [7, 11) is 1.70. The molecule has 0 aliphatic carbocycles. The quantitative estimate of drug-likeness (QED) is 0.198. The maximum Gasteiger partial charge on any atom is 0.109 e. The van der Waals surface area contributed by atoms with Crippen molar-refractivity contribution in [3.05, 3.63) is 0 Å². The summed E-state index contributed by atoms with van der Waals surface area (Å²) in [6, 6.07) is 0. The monoisotopic (exact) mass is 124 g/mol. The van der Waals surface area contributed by atoms with Crippen LogP contribution in [0.3, 0.4) is 0 Å². The van der Waals surface area contributed by atoms with Gasteiger partial charge in [-0.15, -0.1) is 25.3 Å². The van der Waals surface area contributed by atoms with E-state index >= 15 is 0 Å². The molecule has 0 rings (SSSR count). The minimum atomic E-state index is -0.148. The highest BCUT2D eigenvalue weighted by Gasteiger charge is 1.93. The lowest BCUT2D eigenvalue weighted by Crippen LogP contribution is -2.29. The lowest BCUT2D eigenvalue weighted by atomic mass is 11.2. The van der Waals surface area contributed by atoms with Crippen molar-refractivity contribution in [2.45, 2.75) is 4.71 Å². The van der Waals surface area contributed by atoms with E-state index in [2.05, 4.69) is 25.3 Å². The van der Waals surface area contributed by atoms with Crippen LogP contribution in [-0.4, -0.2) is 16.8 Å². The van der Waals surface area contributed by atoms with Crippen LogP contribution in [0.5, 0.6) is 0 Å². The van der Waals surface area contributed by atoms with Crippen LogP contribution in [0.1, 0.15) is 0 Å². The number of hydrogen-bond acceptors (Lipinski definition) is 4. The molecule has 0 atom stereocenters. The molecule has 0 saturated carbocycles. The number of rotatable bonds is 1. The smallest absolute Gasteiger partial charge is 0.109 e. The minimum absolute atomic E-state index is 0.148. The van der Waals surface area contributed by atoms with E-state index in [1.54, 1.807) is 7.05 Å². The lowest BCUT2D eigenvalue weighted by molar-refractivity contribution is 0.395. The normalized spacial score (nSPS) is 11.0. The Balaban J connectivity index is 2.99. The molecule has 0 aliphatic heterocycles. The van der Waals surface area contributed by atoms with Gasteiger partial charge >= 0.3 is 0 Å². The molecule has 4 heteroatoms. The van der Waals surface area contributed by atoms with Crippen LogP contribution >= 0.6 is 25.3 Å². The van der Waals surface area contributed by atoms with E-state index in [-0.39, 0.29) is 4.71 Å². The molecule has 0 bridgehead atoms. The Morgan fingerprint density at radius 3 is 1.83 bits per heavy atom. The predicted octanol–water partition coefficient (Wildman–Crippen LogP) is -0.0649. The summed E-state index contributed by atoms with van der Waals surface area (Å²) in [6.07, 6.45) is 0. The van der Waals surface area contributed by atoms with E-state index in [9.17, 15) is 0 Å². The minimum Gasteiger partial charge on any atom is -0.267 e. The topological polar surface area (TPSA) is 29.3 Å². The van der Waals surface area contributed by atoms with Crippen LogP contribution in [0.2, 0.25) is 0 Å². The van der Waals surface area contributed by atoms with Gasteiger partial charge < -0.3 is 0 Å². The van der Waals surface area contributed by atoms with Gasteiger partial charge in [-0.2, -0.15) is 0 Å². The molecule has 0 amide bonds. The van der Waals surface area contributed by atoms with E-state index in [0.29, 0.717) is 0 Å². The Morgan fingerprint density at radius 2 is 1.83 bits per heavy atom. The molecule has 38 valence electrons. The second-order valence-electron chi connectivity index (χ2n) is 1.01. The van der Waals surface area contributed by atoms with Crippen molar-refractivity contribution in [2.75, 3.05) is 7.05 Å². The summed E-state index contributed by atoms with van der Waals surface area (Å²) < 4.78 is -0.148. The summed E-state index contributed by atoms with van der Waals surface area (Å²) in [5.41, 5.74) is 0. The fourth-order valence-electron chi connectivity index (χ4n) is 0. The fourth-order valence-corrected chi connectivity index (χ4v) is 0. The van der Waals surface area contributed by atoms with E-state index < -0.39 is 0 Å². The lowest BCUT2D eigenvalue weighted by Gasteiger charge is -2.10. The average molecular weight is 124 g/mol. The highest BCUT2D eigenvalue weighted by molar-refractivity contribution is 7.99.